The molecule has 0 heterocycles. The van der Waals surface area contributed by atoms with Crippen molar-refractivity contribution in [3.8, 4) is 0 Å². The number of carbonyl (C=O) groups is 3. The number of phosphoric ester groups is 1. The number of hydrogen-bond donors (Lipinski definition) is 2. The van der Waals surface area contributed by atoms with Crippen LogP contribution in [0, 0.1) is 0 Å². The first-order chi connectivity index (χ1) is 37.2. The predicted octanol–water partition coefficient (Wildman–Crippen LogP) is 19.8. The Bertz CT molecular complexity index is 1280. The number of carbonyl (C=O) groups excluding carboxylic acids is 3. The van der Waals surface area contributed by atoms with Crippen molar-refractivity contribution < 1.29 is 52.2 Å². The molecular formula is C64H125O11P. The van der Waals surface area contributed by atoms with Gasteiger partial charge in [0.1, 0.15) is 12.7 Å². The first-order valence-corrected chi connectivity index (χ1v) is 34.4. The van der Waals surface area contributed by atoms with Crippen LogP contribution in [-0.4, -0.2) is 66.5 Å². The largest absolute Gasteiger partial charge is 0.472 e. The molecule has 0 fully saturated rings. The molecule has 0 aromatic rings. The highest BCUT2D eigenvalue weighted by atomic mass is 31.2. The Labute approximate surface area is 469 Å². The molecule has 0 aromatic heterocycles. The van der Waals surface area contributed by atoms with E-state index in [1.54, 1.807) is 0 Å². The Hall–Kier alpha value is -1.52. The summed E-state index contributed by atoms with van der Waals surface area (Å²) in [6, 6.07) is 0. The average Bonchev–Trinajstić information content (AvgIpc) is 3.41. The van der Waals surface area contributed by atoms with Gasteiger partial charge in [-0.25, -0.2) is 4.57 Å². The molecule has 0 aliphatic heterocycles. The lowest BCUT2D eigenvalue weighted by Gasteiger charge is -2.21. The van der Waals surface area contributed by atoms with E-state index in [2.05, 4.69) is 20.8 Å². The van der Waals surface area contributed by atoms with Crippen LogP contribution in [0.2, 0.25) is 0 Å². The van der Waals surface area contributed by atoms with Gasteiger partial charge in [0.15, 0.2) is 6.10 Å². The summed E-state index contributed by atoms with van der Waals surface area (Å²) < 4.78 is 39.7. The van der Waals surface area contributed by atoms with E-state index in [4.69, 9.17) is 23.3 Å². The fourth-order valence-corrected chi connectivity index (χ4v) is 10.8. The second-order valence-electron chi connectivity index (χ2n) is 22.7. The molecule has 2 N–H and O–H groups in total. The average molecular weight is 1100 g/mol. The van der Waals surface area contributed by atoms with Crippen LogP contribution in [-0.2, 0) is 42.2 Å². The molecule has 11 nitrogen and oxygen atoms in total. The van der Waals surface area contributed by atoms with Gasteiger partial charge in [0.25, 0.3) is 0 Å². The molecule has 0 rings (SSSR count). The number of phosphoric acid groups is 1. The highest BCUT2D eigenvalue weighted by Crippen LogP contribution is 2.43. The summed E-state index contributed by atoms with van der Waals surface area (Å²) in [4.78, 5) is 48.7. The molecule has 0 aromatic carbocycles. The lowest BCUT2D eigenvalue weighted by molar-refractivity contribution is -0.161. The molecule has 0 radical (unpaired) electrons. The first-order valence-electron chi connectivity index (χ1n) is 32.9. The van der Waals surface area contributed by atoms with E-state index in [1.807, 2.05) is 0 Å². The Balaban J connectivity index is 4.60. The zero-order valence-electron chi connectivity index (χ0n) is 50.3. The van der Waals surface area contributed by atoms with Crippen molar-refractivity contribution in [2.75, 3.05) is 26.4 Å². The number of rotatable bonds is 63. The van der Waals surface area contributed by atoms with E-state index in [-0.39, 0.29) is 25.9 Å². The standard InChI is InChI=1S/C64H125O11P/c1-4-7-10-13-16-19-22-25-28-30-33-36-39-42-45-48-51-54-63(67)74-60(56-65)58-72-76(69,70)73-59-61(57-71-62(66)53-50-47-44-41-38-35-32-27-24-21-18-15-12-9-6-3)75-64(68)55-52-49-46-43-40-37-34-31-29-26-23-20-17-14-11-8-5-2/h60-61,65H,4-59H2,1-3H3,(H,69,70). The van der Waals surface area contributed by atoms with Crippen LogP contribution in [0.4, 0.5) is 0 Å². The van der Waals surface area contributed by atoms with E-state index in [1.165, 1.54) is 238 Å². The summed E-state index contributed by atoms with van der Waals surface area (Å²) in [6.45, 7) is 4.76. The number of ether oxygens (including phenoxy) is 3. The number of aliphatic hydroxyl groups is 1. The second kappa shape index (κ2) is 59.6. The third-order valence-corrected chi connectivity index (χ3v) is 16.0. The third-order valence-electron chi connectivity index (χ3n) is 15.0. The summed E-state index contributed by atoms with van der Waals surface area (Å²) >= 11 is 0. The molecule has 0 bridgehead atoms. The summed E-state index contributed by atoms with van der Waals surface area (Å²) in [7, 11) is -4.74. The molecule has 0 aliphatic carbocycles. The van der Waals surface area contributed by atoms with Crippen LogP contribution in [0.5, 0.6) is 0 Å². The van der Waals surface area contributed by atoms with Crippen molar-refractivity contribution in [3.05, 3.63) is 0 Å². The third kappa shape index (κ3) is 57.2. The van der Waals surface area contributed by atoms with Crippen molar-refractivity contribution in [2.24, 2.45) is 0 Å². The van der Waals surface area contributed by atoms with Gasteiger partial charge >= 0.3 is 25.7 Å². The number of hydrogen-bond acceptors (Lipinski definition) is 10. The Morgan fingerprint density at radius 1 is 0.316 bits per heavy atom. The molecule has 0 amide bonds. The van der Waals surface area contributed by atoms with Crippen molar-refractivity contribution >= 4 is 25.7 Å². The van der Waals surface area contributed by atoms with Crippen LogP contribution in [0.15, 0.2) is 0 Å². The quantitative estimate of drug-likeness (QED) is 0.0259. The van der Waals surface area contributed by atoms with Gasteiger partial charge in [0.2, 0.25) is 0 Å². The van der Waals surface area contributed by atoms with Gasteiger partial charge in [-0.15, -0.1) is 0 Å². The number of unbranched alkanes of at least 4 members (excludes halogenated alkanes) is 46. The Kier molecular flexibility index (Phi) is 58.4. The minimum absolute atomic E-state index is 0.179. The number of esters is 3. The molecule has 0 aliphatic rings. The SMILES string of the molecule is CCCCCCCCCCCCCCCCCCCC(=O)OC(CO)COP(=O)(O)OCC(COC(=O)CCCCCCCCCCCCCCCCC)OC(=O)CCCCCCCCCCCCCCCCCCC. The van der Waals surface area contributed by atoms with Crippen LogP contribution >= 0.6 is 7.82 Å². The Morgan fingerprint density at radius 3 is 0.776 bits per heavy atom. The summed E-state index contributed by atoms with van der Waals surface area (Å²) in [5.74, 6) is -1.42. The van der Waals surface area contributed by atoms with Gasteiger partial charge in [0, 0.05) is 19.3 Å². The van der Waals surface area contributed by atoms with Crippen molar-refractivity contribution in [3.63, 3.8) is 0 Å². The normalized spacial score (nSPS) is 13.2. The molecule has 12 heteroatoms. The van der Waals surface area contributed by atoms with Crippen molar-refractivity contribution in [1.82, 2.24) is 0 Å². The predicted molar refractivity (Wildman–Crippen MR) is 317 cm³/mol. The second-order valence-corrected chi connectivity index (χ2v) is 24.1. The zero-order valence-corrected chi connectivity index (χ0v) is 51.2. The monoisotopic (exact) mass is 1100 g/mol. The maximum atomic E-state index is 12.9. The molecule has 76 heavy (non-hydrogen) atoms. The van der Waals surface area contributed by atoms with Crippen LogP contribution in [0.25, 0.3) is 0 Å². The molecule has 3 atom stereocenters. The fraction of sp³-hybridized carbons (Fsp3) is 0.953. The van der Waals surface area contributed by atoms with E-state index in [0.717, 1.165) is 57.8 Å². The smallest absolute Gasteiger partial charge is 0.462 e. The highest BCUT2D eigenvalue weighted by molar-refractivity contribution is 7.47. The topological polar surface area (TPSA) is 155 Å². The lowest BCUT2D eigenvalue weighted by Crippen LogP contribution is -2.30. The van der Waals surface area contributed by atoms with Gasteiger partial charge in [0.05, 0.1) is 19.8 Å². The van der Waals surface area contributed by atoms with Crippen LogP contribution in [0.3, 0.4) is 0 Å². The molecule has 452 valence electrons. The summed E-state index contributed by atoms with van der Waals surface area (Å²) in [6.07, 6.45) is 59.0. The molecule has 3 unspecified atom stereocenters. The highest BCUT2D eigenvalue weighted by Gasteiger charge is 2.28. The lowest BCUT2D eigenvalue weighted by atomic mass is 10.0. The van der Waals surface area contributed by atoms with Gasteiger partial charge in [-0.1, -0.05) is 316 Å². The van der Waals surface area contributed by atoms with Gasteiger partial charge in [-0.3, -0.25) is 23.4 Å². The van der Waals surface area contributed by atoms with Gasteiger partial charge < -0.3 is 24.2 Å². The maximum Gasteiger partial charge on any atom is 0.472 e. The minimum Gasteiger partial charge on any atom is -0.462 e. The Morgan fingerprint density at radius 2 is 0.526 bits per heavy atom. The molecule has 0 spiro atoms. The van der Waals surface area contributed by atoms with Gasteiger partial charge in [-0.05, 0) is 19.3 Å². The first kappa shape index (κ1) is 74.5. The molecule has 0 saturated carbocycles. The van der Waals surface area contributed by atoms with Gasteiger partial charge in [-0.2, -0.15) is 0 Å². The van der Waals surface area contributed by atoms with E-state index in [0.29, 0.717) is 19.3 Å². The van der Waals surface area contributed by atoms with Crippen molar-refractivity contribution in [1.29, 1.82) is 0 Å². The minimum atomic E-state index is -4.74. The summed E-state index contributed by atoms with van der Waals surface area (Å²) in [5, 5.41) is 9.85. The molecule has 0 saturated heterocycles. The van der Waals surface area contributed by atoms with E-state index < -0.39 is 57.8 Å². The van der Waals surface area contributed by atoms with Crippen molar-refractivity contribution in [2.45, 2.75) is 367 Å². The zero-order chi connectivity index (χ0) is 55.5. The maximum absolute atomic E-state index is 12.9. The fourth-order valence-electron chi connectivity index (χ4n) is 10.0. The summed E-state index contributed by atoms with van der Waals surface area (Å²) in [5.41, 5.74) is 0. The van der Waals surface area contributed by atoms with Crippen LogP contribution < -0.4 is 0 Å². The van der Waals surface area contributed by atoms with E-state index >= 15 is 0 Å². The van der Waals surface area contributed by atoms with E-state index in [9.17, 15) is 28.9 Å². The van der Waals surface area contributed by atoms with Crippen LogP contribution in [0.1, 0.15) is 355 Å². The number of aliphatic hydroxyl groups excluding tert-OH is 1. The molecular weight excluding hydrogens is 976 g/mol.